The number of nitriles is 1. The first-order valence-corrected chi connectivity index (χ1v) is 4.53. The molecular weight excluding hydrogens is 217 g/mol. The number of benzene rings is 1. The van der Waals surface area contributed by atoms with Crippen LogP contribution in [-0.4, -0.2) is 4.57 Å². The molecule has 0 radical (unpaired) electrons. The molecule has 0 aliphatic heterocycles. The van der Waals surface area contributed by atoms with E-state index in [0.717, 1.165) is 0 Å². The van der Waals surface area contributed by atoms with Gasteiger partial charge in [0, 0.05) is 11.1 Å². The van der Waals surface area contributed by atoms with Crippen molar-refractivity contribution in [2.45, 2.75) is 13.2 Å². The highest BCUT2D eigenvalue weighted by atomic mass is 19.4. The third-order valence-electron chi connectivity index (χ3n) is 2.37. The Morgan fingerprint density at radius 3 is 2.50 bits per heavy atom. The molecule has 0 saturated carbocycles. The number of fused-ring (bicyclic) bond motifs is 1. The van der Waals surface area contributed by atoms with Crippen LogP contribution in [0.25, 0.3) is 10.9 Å². The number of halogens is 3. The maximum Gasteiger partial charge on any atom is 0.489 e. The van der Waals surface area contributed by atoms with Gasteiger partial charge in [-0.3, -0.25) is 4.57 Å². The smallest absolute Gasteiger partial charge is 0.256 e. The Kier molecular flexibility index (Phi) is 2.16. The first kappa shape index (κ1) is 10.6. The van der Waals surface area contributed by atoms with Crippen LogP contribution in [0.2, 0.25) is 0 Å². The molecule has 1 aromatic carbocycles. The normalized spacial score (nSPS) is 11.7. The average Bonchev–Trinajstić information content (AvgIpc) is 2.51. The van der Waals surface area contributed by atoms with Crippen LogP contribution in [0.5, 0.6) is 0 Å². The number of nitrogens with zero attached hydrogens (tertiary/aromatic N) is 2. The van der Waals surface area contributed by atoms with Gasteiger partial charge < -0.3 is 0 Å². The maximum absolute atomic E-state index is 12.7. The molecular formula is C11H7F3N2. The van der Waals surface area contributed by atoms with Crippen LogP contribution < -0.4 is 0 Å². The van der Waals surface area contributed by atoms with Crippen molar-refractivity contribution in [2.24, 2.45) is 0 Å². The Morgan fingerprint density at radius 1 is 1.25 bits per heavy atom. The van der Waals surface area contributed by atoms with E-state index in [9.17, 15) is 13.2 Å². The second kappa shape index (κ2) is 3.27. The predicted molar refractivity (Wildman–Crippen MR) is 52.7 cm³/mol. The summed E-state index contributed by atoms with van der Waals surface area (Å²) in [5, 5.41) is 9.08. The van der Waals surface area contributed by atoms with Crippen molar-refractivity contribution in [3.8, 4) is 6.07 Å². The van der Waals surface area contributed by atoms with Gasteiger partial charge >= 0.3 is 6.30 Å². The molecule has 0 bridgehead atoms. The van der Waals surface area contributed by atoms with E-state index in [-0.39, 0.29) is 11.2 Å². The van der Waals surface area contributed by atoms with Crippen LogP contribution in [-0.2, 0) is 6.30 Å². The Labute approximate surface area is 89.5 Å². The first-order chi connectivity index (χ1) is 7.43. The lowest BCUT2D eigenvalue weighted by Gasteiger charge is -2.11. The van der Waals surface area contributed by atoms with Crippen molar-refractivity contribution >= 4 is 10.9 Å². The minimum absolute atomic E-state index is 0.0731. The number of alkyl halides is 3. The molecule has 0 spiro atoms. The van der Waals surface area contributed by atoms with Gasteiger partial charge in [-0.2, -0.15) is 5.26 Å². The summed E-state index contributed by atoms with van der Waals surface area (Å²) >= 11 is 0. The minimum Gasteiger partial charge on any atom is -0.256 e. The second-order valence-corrected chi connectivity index (χ2v) is 3.47. The number of hydrogen-bond donors (Lipinski definition) is 0. The van der Waals surface area contributed by atoms with E-state index in [2.05, 4.69) is 0 Å². The summed E-state index contributed by atoms with van der Waals surface area (Å²) in [6.45, 7) is 1.39. The zero-order valence-corrected chi connectivity index (χ0v) is 8.34. The standard InChI is InChI=1S/C11H7F3N2/c1-7-4-9-5-8(6-15)2-3-10(9)16(7)11(12,13)14/h2-5H,1H3. The molecule has 82 valence electrons. The van der Waals surface area contributed by atoms with Crippen LogP contribution in [0.15, 0.2) is 24.3 Å². The molecule has 5 heteroatoms. The highest BCUT2D eigenvalue weighted by Crippen LogP contribution is 2.31. The quantitative estimate of drug-likeness (QED) is 0.674. The average molecular weight is 224 g/mol. The summed E-state index contributed by atoms with van der Waals surface area (Å²) in [6.07, 6.45) is -4.43. The van der Waals surface area contributed by atoms with Crippen LogP contribution in [0.3, 0.4) is 0 Å². The second-order valence-electron chi connectivity index (χ2n) is 3.47. The highest BCUT2D eigenvalue weighted by Gasteiger charge is 2.33. The summed E-state index contributed by atoms with van der Waals surface area (Å²) in [7, 11) is 0. The molecule has 2 nitrogen and oxygen atoms in total. The molecule has 0 unspecified atom stereocenters. The van der Waals surface area contributed by atoms with E-state index in [4.69, 9.17) is 5.26 Å². The monoisotopic (exact) mass is 224 g/mol. The fourth-order valence-electron chi connectivity index (χ4n) is 1.76. The van der Waals surface area contributed by atoms with Gasteiger partial charge in [-0.15, -0.1) is 13.2 Å². The van der Waals surface area contributed by atoms with Gasteiger partial charge in [0.1, 0.15) is 0 Å². The maximum atomic E-state index is 12.7. The number of rotatable bonds is 0. The molecule has 1 heterocycles. The van der Waals surface area contributed by atoms with E-state index >= 15 is 0 Å². The van der Waals surface area contributed by atoms with Gasteiger partial charge in [0.2, 0.25) is 0 Å². The summed E-state index contributed by atoms with van der Waals surface area (Å²) in [4.78, 5) is 0. The molecule has 0 atom stereocenters. The molecule has 16 heavy (non-hydrogen) atoms. The Balaban J connectivity index is 2.78. The summed E-state index contributed by atoms with van der Waals surface area (Å²) in [6, 6.07) is 7.46. The Bertz CT molecular complexity index is 588. The zero-order chi connectivity index (χ0) is 11.9. The van der Waals surface area contributed by atoms with Gasteiger partial charge in [-0.05, 0) is 31.2 Å². The molecule has 0 N–H and O–H groups in total. The fraction of sp³-hybridized carbons (Fsp3) is 0.182. The van der Waals surface area contributed by atoms with Crippen LogP contribution in [0, 0.1) is 18.3 Å². The van der Waals surface area contributed by atoms with Crippen molar-refractivity contribution in [3.63, 3.8) is 0 Å². The molecule has 2 rings (SSSR count). The van der Waals surface area contributed by atoms with Gasteiger partial charge in [0.25, 0.3) is 0 Å². The molecule has 0 aliphatic carbocycles. The predicted octanol–water partition coefficient (Wildman–Crippen LogP) is 3.30. The largest absolute Gasteiger partial charge is 0.489 e. The molecule has 0 amide bonds. The Morgan fingerprint density at radius 2 is 1.94 bits per heavy atom. The minimum atomic E-state index is -4.43. The third-order valence-corrected chi connectivity index (χ3v) is 2.37. The van der Waals surface area contributed by atoms with Gasteiger partial charge in [-0.1, -0.05) is 0 Å². The molecule has 0 fully saturated rings. The van der Waals surface area contributed by atoms with Crippen LogP contribution >= 0.6 is 0 Å². The number of aromatic nitrogens is 1. The topological polar surface area (TPSA) is 28.7 Å². The summed E-state index contributed by atoms with van der Waals surface area (Å²) in [5.74, 6) is 0. The van der Waals surface area contributed by atoms with E-state index < -0.39 is 6.30 Å². The van der Waals surface area contributed by atoms with Gasteiger partial charge in [0.05, 0.1) is 17.1 Å². The van der Waals surface area contributed by atoms with Gasteiger partial charge in [-0.25, -0.2) is 0 Å². The van der Waals surface area contributed by atoms with Crippen molar-refractivity contribution in [3.05, 3.63) is 35.5 Å². The fourth-order valence-corrected chi connectivity index (χ4v) is 1.76. The molecule has 1 aromatic heterocycles. The lowest BCUT2D eigenvalue weighted by atomic mass is 10.2. The summed E-state index contributed by atoms with van der Waals surface area (Å²) < 4.78 is 38.4. The lowest BCUT2D eigenvalue weighted by molar-refractivity contribution is -0.201. The first-order valence-electron chi connectivity index (χ1n) is 4.53. The van der Waals surface area contributed by atoms with Crippen LogP contribution in [0.1, 0.15) is 11.3 Å². The third kappa shape index (κ3) is 1.52. The molecule has 0 aliphatic rings. The van der Waals surface area contributed by atoms with Crippen molar-refractivity contribution in [1.29, 1.82) is 5.26 Å². The lowest BCUT2D eigenvalue weighted by Crippen LogP contribution is -2.17. The molecule has 2 aromatic rings. The SMILES string of the molecule is Cc1cc2cc(C#N)ccc2n1C(F)(F)F. The van der Waals surface area contributed by atoms with Crippen molar-refractivity contribution < 1.29 is 13.2 Å². The number of hydrogen-bond acceptors (Lipinski definition) is 1. The van der Waals surface area contributed by atoms with E-state index in [1.165, 1.54) is 31.2 Å². The zero-order valence-electron chi connectivity index (χ0n) is 8.34. The highest BCUT2D eigenvalue weighted by molar-refractivity contribution is 5.82. The van der Waals surface area contributed by atoms with E-state index in [1.54, 1.807) is 0 Å². The number of aryl methyl sites for hydroxylation is 1. The summed E-state index contributed by atoms with van der Waals surface area (Å²) in [5.41, 5.74) is 0.536. The van der Waals surface area contributed by atoms with Gasteiger partial charge in [0.15, 0.2) is 0 Å². The van der Waals surface area contributed by atoms with Crippen molar-refractivity contribution in [1.82, 2.24) is 4.57 Å². The van der Waals surface area contributed by atoms with Crippen molar-refractivity contribution in [2.75, 3.05) is 0 Å². The van der Waals surface area contributed by atoms with E-state index in [0.29, 0.717) is 15.5 Å². The van der Waals surface area contributed by atoms with E-state index in [1.807, 2.05) is 6.07 Å². The molecule has 0 saturated heterocycles. The Hall–Kier alpha value is -1.96. The van der Waals surface area contributed by atoms with Crippen LogP contribution in [0.4, 0.5) is 13.2 Å².